The molecule has 1 heterocycles. The zero-order chi connectivity index (χ0) is 13.0. The molecule has 3 nitrogen and oxygen atoms in total. The summed E-state index contributed by atoms with van der Waals surface area (Å²) in [6.45, 7) is 7.83. The fraction of sp³-hybridized carbons (Fsp3) is 0.400. The van der Waals surface area contributed by atoms with E-state index in [0.717, 1.165) is 24.6 Å². The van der Waals surface area contributed by atoms with Gasteiger partial charge in [0, 0.05) is 13.0 Å². The Morgan fingerprint density at radius 2 is 2.06 bits per heavy atom. The van der Waals surface area contributed by atoms with Crippen molar-refractivity contribution in [3.63, 3.8) is 0 Å². The summed E-state index contributed by atoms with van der Waals surface area (Å²) in [7, 11) is 0. The molecule has 0 aliphatic rings. The number of aryl methyl sites for hydroxylation is 3. The van der Waals surface area contributed by atoms with Crippen LogP contribution in [0.25, 0.3) is 0 Å². The molecular weight excluding hydrogens is 224 g/mol. The molecule has 0 radical (unpaired) electrons. The van der Waals surface area contributed by atoms with E-state index in [-0.39, 0.29) is 0 Å². The normalized spacial score (nSPS) is 10.8. The summed E-state index contributed by atoms with van der Waals surface area (Å²) in [5.41, 5.74) is 3.94. The molecule has 0 aliphatic heterocycles. The van der Waals surface area contributed by atoms with Crippen LogP contribution in [0, 0.1) is 13.8 Å². The van der Waals surface area contributed by atoms with Crippen molar-refractivity contribution in [1.29, 1.82) is 0 Å². The number of rotatable bonds is 5. The second-order valence-corrected chi connectivity index (χ2v) is 4.61. The third-order valence-electron chi connectivity index (χ3n) is 3.05. The minimum atomic E-state index is 0.674. The number of aromatic nitrogens is 1. The number of hydrogen-bond donors (Lipinski definition) is 1. The van der Waals surface area contributed by atoms with Gasteiger partial charge in [-0.25, -0.2) is 4.98 Å². The minimum Gasteiger partial charge on any atom is -0.444 e. The maximum absolute atomic E-state index is 5.55. The van der Waals surface area contributed by atoms with E-state index in [1.165, 1.54) is 16.7 Å². The highest BCUT2D eigenvalue weighted by Crippen LogP contribution is 2.10. The van der Waals surface area contributed by atoms with Crippen molar-refractivity contribution in [1.82, 2.24) is 10.3 Å². The quantitative estimate of drug-likeness (QED) is 0.878. The van der Waals surface area contributed by atoms with Gasteiger partial charge in [0.1, 0.15) is 5.76 Å². The summed E-state index contributed by atoms with van der Waals surface area (Å²) >= 11 is 0. The van der Waals surface area contributed by atoms with Gasteiger partial charge in [-0.2, -0.15) is 0 Å². The molecule has 1 N–H and O–H groups in total. The lowest BCUT2D eigenvalue weighted by atomic mass is 10.1. The van der Waals surface area contributed by atoms with Gasteiger partial charge in [0.2, 0.25) is 5.89 Å². The summed E-state index contributed by atoms with van der Waals surface area (Å²) < 4.78 is 5.55. The van der Waals surface area contributed by atoms with Gasteiger partial charge in [-0.1, -0.05) is 30.7 Å². The van der Waals surface area contributed by atoms with Crippen molar-refractivity contribution in [2.75, 3.05) is 0 Å². The molecule has 0 fully saturated rings. The van der Waals surface area contributed by atoms with Gasteiger partial charge in [-0.05, 0) is 25.0 Å². The highest BCUT2D eigenvalue weighted by Gasteiger charge is 2.03. The zero-order valence-corrected chi connectivity index (χ0v) is 11.3. The van der Waals surface area contributed by atoms with Gasteiger partial charge in [0.25, 0.3) is 0 Å². The molecule has 1 aromatic carbocycles. The average Bonchev–Trinajstić information content (AvgIpc) is 2.81. The minimum absolute atomic E-state index is 0.674. The van der Waals surface area contributed by atoms with Crippen LogP contribution in [0.15, 0.2) is 28.8 Å². The fourth-order valence-electron chi connectivity index (χ4n) is 1.89. The molecule has 0 amide bonds. The summed E-state index contributed by atoms with van der Waals surface area (Å²) in [6, 6.07) is 6.52. The van der Waals surface area contributed by atoms with E-state index in [1.54, 1.807) is 6.20 Å². The summed E-state index contributed by atoms with van der Waals surface area (Å²) in [5, 5.41) is 3.37. The molecule has 0 aliphatic carbocycles. The molecule has 0 saturated carbocycles. The fourth-order valence-corrected chi connectivity index (χ4v) is 1.89. The molecule has 2 rings (SSSR count). The average molecular weight is 244 g/mol. The first-order valence-corrected chi connectivity index (χ1v) is 6.39. The topological polar surface area (TPSA) is 38.1 Å². The Bertz CT molecular complexity index is 517. The molecule has 0 saturated heterocycles. The first-order chi connectivity index (χ1) is 8.69. The molecule has 18 heavy (non-hydrogen) atoms. The third-order valence-corrected chi connectivity index (χ3v) is 3.05. The van der Waals surface area contributed by atoms with E-state index in [9.17, 15) is 0 Å². The Hall–Kier alpha value is -1.61. The van der Waals surface area contributed by atoms with Crippen LogP contribution in [-0.4, -0.2) is 4.98 Å². The molecular formula is C15H20N2O. The molecule has 0 spiro atoms. The van der Waals surface area contributed by atoms with Gasteiger partial charge in [0.05, 0.1) is 12.7 Å². The van der Waals surface area contributed by atoms with Crippen molar-refractivity contribution >= 4 is 0 Å². The summed E-state index contributed by atoms with van der Waals surface area (Å²) in [5.74, 6) is 1.70. The molecule has 96 valence electrons. The smallest absolute Gasteiger partial charge is 0.208 e. The predicted molar refractivity (Wildman–Crippen MR) is 72.3 cm³/mol. The van der Waals surface area contributed by atoms with E-state index >= 15 is 0 Å². The number of oxazole rings is 1. The molecule has 0 bridgehead atoms. The van der Waals surface area contributed by atoms with Crippen LogP contribution in [0.2, 0.25) is 0 Å². The Morgan fingerprint density at radius 1 is 1.22 bits per heavy atom. The van der Waals surface area contributed by atoms with Crippen LogP contribution >= 0.6 is 0 Å². The first kappa shape index (κ1) is 12.8. The Kier molecular flexibility index (Phi) is 4.15. The molecule has 1 aromatic heterocycles. The maximum Gasteiger partial charge on any atom is 0.208 e. The summed E-state index contributed by atoms with van der Waals surface area (Å²) in [6.07, 6.45) is 2.69. The van der Waals surface area contributed by atoms with Crippen LogP contribution in [-0.2, 0) is 19.5 Å². The van der Waals surface area contributed by atoms with Gasteiger partial charge < -0.3 is 9.73 Å². The predicted octanol–water partition coefficient (Wildman–Crippen LogP) is 3.14. The van der Waals surface area contributed by atoms with E-state index in [2.05, 4.69) is 49.3 Å². The monoisotopic (exact) mass is 244 g/mol. The Morgan fingerprint density at radius 3 is 2.78 bits per heavy atom. The van der Waals surface area contributed by atoms with Crippen LogP contribution in [0.5, 0.6) is 0 Å². The van der Waals surface area contributed by atoms with Gasteiger partial charge >= 0.3 is 0 Å². The first-order valence-electron chi connectivity index (χ1n) is 6.39. The van der Waals surface area contributed by atoms with Crippen LogP contribution in [0.4, 0.5) is 0 Å². The number of nitrogens with zero attached hydrogens (tertiary/aromatic N) is 1. The third kappa shape index (κ3) is 3.20. The van der Waals surface area contributed by atoms with Gasteiger partial charge in [-0.15, -0.1) is 0 Å². The van der Waals surface area contributed by atoms with Crippen molar-refractivity contribution in [3.8, 4) is 0 Å². The van der Waals surface area contributed by atoms with Crippen molar-refractivity contribution in [3.05, 3.63) is 52.7 Å². The maximum atomic E-state index is 5.55. The molecule has 0 unspecified atom stereocenters. The largest absolute Gasteiger partial charge is 0.444 e. The molecule has 0 atom stereocenters. The van der Waals surface area contributed by atoms with E-state index in [4.69, 9.17) is 4.42 Å². The number of hydrogen-bond acceptors (Lipinski definition) is 3. The lowest BCUT2D eigenvalue weighted by molar-refractivity contribution is 0.439. The van der Waals surface area contributed by atoms with E-state index < -0.39 is 0 Å². The van der Waals surface area contributed by atoms with E-state index in [0.29, 0.717) is 6.54 Å². The Balaban J connectivity index is 1.90. The van der Waals surface area contributed by atoms with Crippen LogP contribution in [0.3, 0.4) is 0 Å². The number of nitrogens with one attached hydrogen (secondary N) is 1. The second kappa shape index (κ2) is 5.83. The van der Waals surface area contributed by atoms with Crippen LogP contribution < -0.4 is 5.32 Å². The van der Waals surface area contributed by atoms with Crippen LogP contribution in [0.1, 0.15) is 35.3 Å². The van der Waals surface area contributed by atoms with E-state index in [1.807, 2.05) is 0 Å². The lowest BCUT2D eigenvalue weighted by Crippen LogP contribution is -2.13. The van der Waals surface area contributed by atoms with Crippen molar-refractivity contribution < 1.29 is 4.42 Å². The lowest BCUT2D eigenvalue weighted by Gasteiger charge is -2.07. The highest BCUT2D eigenvalue weighted by molar-refractivity contribution is 5.30. The molecule has 3 heteroatoms. The zero-order valence-electron chi connectivity index (χ0n) is 11.3. The Labute approximate surface area is 108 Å². The number of benzene rings is 1. The second-order valence-electron chi connectivity index (χ2n) is 4.61. The van der Waals surface area contributed by atoms with Gasteiger partial charge in [-0.3, -0.25) is 0 Å². The van der Waals surface area contributed by atoms with Crippen molar-refractivity contribution in [2.45, 2.75) is 40.3 Å². The van der Waals surface area contributed by atoms with Crippen molar-refractivity contribution in [2.24, 2.45) is 0 Å². The SMILES string of the molecule is CCc1cnc(CNCc2cc(C)ccc2C)o1. The highest BCUT2D eigenvalue weighted by atomic mass is 16.4. The summed E-state index contributed by atoms with van der Waals surface area (Å²) in [4.78, 5) is 4.23. The molecule has 2 aromatic rings. The standard InChI is InChI=1S/C15H20N2O/c1-4-14-9-17-15(18-14)10-16-8-13-7-11(2)5-6-12(13)3/h5-7,9,16H,4,8,10H2,1-3H3. The van der Waals surface area contributed by atoms with Gasteiger partial charge in [0.15, 0.2) is 0 Å².